The van der Waals surface area contributed by atoms with Crippen LogP contribution in [0.15, 0.2) is 35.2 Å². The predicted molar refractivity (Wildman–Crippen MR) is 81.3 cm³/mol. The molecule has 4 heteroatoms. The van der Waals surface area contributed by atoms with Crippen molar-refractivity contribution >= 4 is 15.4 Å². The van der Waals surface area contributed by atoms with Crippen LogP contribution in [-0.2, 0) is 9.84 Å². The number of nitrogens with zero attached hydrogens (tertiary/aromatic N) is 1. The van der Waals surface area contributed by atoms with Gasteiger partial charge >= 0.3 is 0 Å². The second-order valence-electron chi connectivity index (χ2n) is 6.01. The molecule has 2 atom stereocenters. The van der Waals surface area contributed by atoms with E-state index in [1.165, 1.54) is 36.7 Å². The van der Waals surface area contributed by atoms with E-state index in [9.17, 15) is 8.42 Å². The minimum absolute atomic E-state index is 0.398. The summed E-state index contributed by atoms with van der Waals surface area (Å²) >= 11 is 0. The average molecular weight is 291 g/mol. The molecule has 0 saturated carbocycles. The first-order chi connectivity index (χ1) is 9.45. The lowest BCUT2D eigenvalue weighted by Gasteiger charge is -2.42. The summed E-state index contributed by atoms with van der Waals surface area (Å²) in [5.74, 6) is 0. The Balaban J connectivity index is 1.90. The van der Waals surface area contributed by atoms with Gasteiger partial charge in [-0.05, 0) is 49.6 Å². The molecule has 2 heterocycles. The molecule has 1 aromatic rings. The van der Waals surface area contributed by atoms with Crippen LogP contribution in [0.2, 0.25) is 0 Å². The second kappa shape index (κ2) is 5.01. The number of likely N-dealkylation sites (N-methyl/N-ethyl adjacent to an activating group) is 1. The van der Waals surface area contributed by atoms with Crippen molar-refractivity contribution in [2.75, 3.05) is 13.3 Å². The Morgan fingerprint density at radius 2 is 1.85 bits per heavy atom. The van der Waals surface area contributed by atoms with Gasteiger partial charge in [-0.3, -0.25) is 4.90 Å². The van der Waals surface area contributed by atoms with E-state index in [0.717, 1.165) is 6.42 Å². The zero-order chi connectivity index (χ0) is 14.3. The van der Waals surface area contributed by atoms with Crippen molar-refractivity contribution in [3.05, 3.63) is 35.9 Å². The Bertz CT molecular complexity index is 631. The molecule has 2 bridgehead atoms. The molecule has 0 aliphatic carbocycles. The molecule has 1 fully saturated rings. The van der Waals surface area contributed by atoms with Gasteiger partial charge in [0.2, 0.25) is 0 Å². The monoisotopic (exact) mass is 291 g/mol. The lowest BCUT2D eigenvalue weighted by Crippen LogP contribution is -2.45. The summed E-state index contributed by atoms with van der Waals surface area (Å²) in [6.45, 7) is 0. The highest BCUT2D eigenvalue weighted by Gasteiger charge is 2.31. The molecule has 108 valence electrons. The number of hydrogen-bond acceptors (Lipinski definition) is 3. The summed E-state index contributed by atoms with van der Waals surface area (Å²) in [7, 11) is -0.885. The molecule has 0 spiro atoms. The fourth-order valence-corrected chi connectivity index (χ4v) is 4.00. The highest BCUT2D eigenvalue weighted by atomic mass is 32.2. The van der Waals surface area contributed by atoms with Crippen molar-refractivity contribution < 1.29 is 8.42 Å². The maximum atomic E-state index is 11.5. The van der Waals surface area contributed by atoms with Crippen LogP contribution < -0.4 is 0 Å². The summed E-state index contributed by atoms with van der Waals surface area (Å²) < 4.78 is 23.0. The Morgan fingerprint density at radius 3 is 2.45 bits per heavy atom. The van der Waals surface area contributed by atoms with E-state index in [2.05, 4.69) is 18.0 Å². The number of benzene rings is 1. The van der Waals surface area contributed by atoms with E-state index in [1.807, 2.05) is 12.1 Å². The molecular formula is C16H21NO2S. The van der Waals surface area contributed by atoms with Crippen LogP contribution >= 0.6 is 0 Å². The SMILES string of the molecule is CN1C2C=C(c3ccc(S(C)(=O)=O)cc3)CC1CCC2. The standard InChI is InChI=1S/C16H21NO2S/c1-17-14-4-3-5-15(17)11-13(10-14)12-6-8-16(9-7-12)20(2,18)19/h6-10,14-15H,3-5,11H2,1-2H3. The predicted octanol–water partition coefficient (Wildman–Crippen LogP) is 2.73. The third-order valence-electron chi connectivity index (χ3n) is 4.64. The molecule has 2 aliphatic heterocycles. The van der Waals surface area contributed by atoms with Crippen molar-refractivity contribution in [2.24, 2.45) is 0 Å². The summed E-state index contributed by atoms with van der Waals surface area (Å²) in [5, 5.41) is 0. The fourth-order valence-electron chi connectivity index (χ4n) is 3.37. The van der Waals surface area contributed by atoms with Gasteiger partial charge < -0.3 is 0 Å². The smallest absolute Gasteiger partial charge is 0.175 e. The number of piperidine rings is 1. The van der Waals surface area contributed by atoms with Crippen LogP contribution in [0.4, 0.5) is 0 Å². The second-order valence-corrected chi connectivity index (χ2v) is 8.03. The topological polar surface area (TPSA) is 37.4 Å². The molecule has 0 amide bonds. The summed E-state index contributed by atoms with van der Waals surface area (Å²) in [4.78, 5) is 2.88. The van der Waals surface area contributed by atoms with Gasteiger partial charge in [0, 0.05) is 18.3 Å². The highest BCUT2D eigenvalue weighted by molar-refractivity contribution is 7.90. The Hall–Kier alpha value is -1.13. The summed E-state index contributed by atoms with van der Waals surface area (Å²) in [6, 6.07) is 8.53. The summed E-state index contributed by atoms with van der Waals surface area (Å²) in [5.41, 5.74) is 2.54. The number of fused-ring (bicyclic) bond motifs is 2. The molecule has 0 radical (unpaired) electrons. The third kappa shape index (κ3) is 2.54. The van der Waals surface area contributed by atoms with Crippen molar-refractivity contribution in [1.29, 1.82) is 0 Å². The zero-order valence-corrected chi connectivity index (χ0v) is 12.9. The Morgan fingerprint density at radius 1 is 1.15 bits per heavy atom. The van der Waals surface area contributed by atoms with Crippen molar-refractivity contribution in [3.8, 4) is 0 Å². The maximum Gasteiger partial charge on any atom is 0.175 e. The number of rotatable bonds is 2. The normalized spacial score (nSPS) is 27.2. The van der Waals surface area contributed by atoms with Gasteiger partial charge in [0.1, 0.15) is 0 Å². The van der Waals surface area contributed by atoms with E-state index in [0.29, 0.717) is 17.0 Å². The number of sulfone groups is 1. The largest absolute Gasteiger partial charge is 0.297 e. The van der Waals surface area contributed by atoms with E-state index in [4.69, 9.17) is 0 Å². The maximum absolute atomic E-state index is 11.5. The van der Waals surface area contributed by atoms with Crippen LogP contribution in [0.5, 0.6) is 0 Å². The first-order valence-electron chi connectivity index (χ1n) is 7.18. The molecule has 0 N–H and O–H groups in total. The van der Waals surface area contributed by atoms with E-state index >= 15 is 0 Å². The molecule has 2 unspecified atom stereocenters. The number of hydrogen-bond donors (Lipinski definition) is 0. The van der Waals surface area contributed by atoms with Gasteiger partial charge in [-0.1, -0.05) is 24.6 Å². The van der Waals surface area contributed by atoms with Gasteiger partial charge in [-0.2, -0.15) is 0 Å². The molecule has 1 saturated heterocycles. The molecule has 1 aromatic carbocycles. The average Bonchev–Trinajstić information content (AvgIpc) is 2.37. The van der Waals surface area contributed by atoms with Crippen LogP contribution in [-0.4, -0.2) is 38.7 Å². The van der Waals surface area contributed by atoms with Crippen molar-refractivity contribution in [3.63, 3.8) is 0 Å². The lowest BCUT2D eigenvalue weighted by atomic mass is 9.83. The molecule has 3 nitrogen and oxygen atoms in total. The third-order valence-corrected chi connectivity index (χ3v) is 5.77. The first kappa shape index (κ1) is 13.8. The lowest BCUT2D eigenvalue weighted by molar-refractivity contribution is 0.137. The molecule has 2 aliphatic rings. The Kier molecular flexibility index (Phi) is 3.46. The minimum Gasteiger partial charge on any atom is -0.297 e. The van der Waals surface area contributed by atoms with Crippen molar-refractivity contribution in [1.82, 2.24) is 4.90 Å². The minimum atomic E-state index is -3.10. The van der Waals surface area contributed by atoms with Crippen LogP contribution in [0, 0.1) is 0 Å². The molecule has 20 heavy (non-hydrogen) atoms. The Labute approximate surface area is 121 Å². The zero-order valence-electron chi connectivity index (χ0n) is 12.0. The van der Waals surface area contributed by atoms with Gasteiger partial charge in [-0.15, -0.1) is 0 Å². The molecule has 0 aromatic heterocycles. The van der Waals surface area contributed by atoms with Crippen LogP contribution in [0.1, 0.15) is 31.2 Å². The van der Waals surface area contributed by atoms with Crippen LogP contribution in [0.3, 0.4) is 0 Å². The van der Waals surface area contributed by atoms with Gasteiger partial charge in [0.25, 0.3) is 0 Å². The fraction of sp³-hybridized carbons (Fsp3) is 0.500. The molecule has 3 rings (SSSR count). The van der Waals surface area contributed by atoms with Gasteiger partial charge in [0.15, 0.2) is 9.84 Å². The van der Waals surface area contributed by atoms with Gasteiger partial charge in [0.05, 0.1) is 4.90 Å². The van der Waals surface area contributed by atoms with Gasteiger partial charge in [-0.25, -0.2) is 8.42 Å². The summed E-state index contributed by atoms with van der Waals surface area (Å²) in [6.07, 6.45) is 8.51. The quantitative estimate of drug-likeness (QED) is 0.841. The van der Waals surface area contributed by atoms with E-state index in [-0.39, 0.29) is 0 Å². The highest BCUT2D eigenvalue weighted by Crippen LogP contribution is 2.36. The van der Waals surface area contributed by atoms with Crippen LogP contribution in [0.25, 0.3) is 5.57 Å². The van der Waals surface area contributed by atoms with Crippen molar-refractivity contribution in [2.45, 2.75) is 42.7 Å². The van der Waals surface area contributed by atoms with E-state index < -0.39 is 9.84 Å². The first-order valence-corrected chi connectivity index (χ1v) is 9.07. The molecular weight excluding hydrogens is 270 g/mol. The van der Waals surface area contributed by atoms with E-state index in [1.54, 1.807) is 12.1 Å².